The average Bonchev–Trinajstić information content (AvgIpc) is 2.56. The summed E-state index contributed by atoms with van der Waals surface area (Å²) in [5.74, 6) is 0. The second-order valence-electron chi connectivity index (χ2n) is 5.41. The minimum atomic E-state index is -0.518. The standard InChI is InChI=1S/C16H22N2O/c1-10-6-11(2)8-15(7-10)16(19)9-18-14(5)12(3)13(4)17-18/h6-8,16,19H,9H2,1-5H3. The zero-order valence-corrected chi connectivity index (χ0v) is 12.4. The molecule has 3 heteroatoms. The Balaban J connectivity index is 2.25. The van der Waals surface area contributed by atoms with Crippen molar-refractivity contribution in [2.75, 3.05) is 0 Å². The molecular weight excluding hydrogens is 236 g/mol. The van der Waals surface area contributed by atoms with Crippen molar-refractivity contribution in [1.29, 1.82) is 0 Å². The van der Waals surface area contributed by atoms with Crippen molar-refractivity contribution in [3.8, 4) is 0 Å². The van der Waals surface area contributed by atoms with Gasteiger partial charge in [0.2, 0.25) is 0 Å². The number of aryl methyl sites for hydroxylation is 3. The summed E-state index contributed by atoms with van der Waals surface area (Å²) in [7, 11) is 0. The molecule has 0 aliphatic rings. The predicted octanol–water partition coefficient (Wildman–Crippen LogP) is 3.16. The molecule has 1 atom stereocenters. The molecule has 0 fully saturated rings. The molecule has 0 radical (unpaired) electrons. The Hall–Kier alpha value is -1.61. The Kier molecular flexibility index (Phi) is 3.76. The fraction of sp³-hybridized carbons (Fsp3) is 0.438. The Labute approximate surface area is 114 Å². The molecule has 3 nitrogen and oxygen atoms in total. The van der Waals surface area contributed by atoms with E-state index in [0.29, 0.717) is 6.54 Å². The third kappa shape index (κ3) is 2.87. The lowest BCUT2D eigenvalue weighted by Gasteiger charge is -2.14. The van der Waals surface area contributed by atoms with Crippen LogP contribution >= 0.6 is 0 Å². The molecule has 1 unspecified atom stereocenters. The summed E-state index contributed by atoms with van der Waals surface area (Å²) in [4.78, 5) is 0. The van der Waals surface area contributed by atoms with Gasteiger partial charge in [0, 0.05) is 5.69 Å². The number of benzene rings is 1. The highest BCUT2D eigenvalue weighted by atomic mass is 16.3. The topological polar surface area (TPSA) is 38.0 Å². The molecule has 0 bridgehead atoms. The van der Waals surface area contributed by atoms with Gasteiger partial charge in [-0.15, -0.1) is 0 Å². The van der Waals surface area contributed by atoms with Gasteiger partial charge >= 0.3 is 0 Å². The first-order valence-electron chi connectivity index (χ1n) is 6.65. The van der Waals surface area contributed by atoms with Crippen LogP contribution in [0.15, 0.2) is 18.2 Å². The maximum absolute atomic E-state index is 10.4. The third-order valence-electron chi connectivity index (χ3n) is 3.72. The SMILES string of the molecule is Cc1cc(C)cc(C(O)Cn2nc(C)c(C)c2C)c1. The summed E-state index contributed by atoms with van der Waals surface area (Å²) in [5.41, 5.74) is 6.68. The van der Waals surface area contributed by atoms with E-state index in [-0.39, 0.29) is 0 Å². The van der Waals surface area contributed by atoms with Crippen LogP contribution in [0.5, 0.6) is 0 Å². The molecular formula is C16H22N2O. The lowest BCUT2D eigenvalue weighted by Crippen LogP contribution is -2.12. The molecule has 19 heavy (non-hydrogen) atoms. The quantitative estimate of drug-likeness (QED) is 0.918. The first-order valence-corrected chi connectivity index (χ1v) is 6.65. The van der Waals surface area contributed by atoms with Crippen LogP contribution in [0.2, 0.25) is 0 Å². The molecule has 102 valence electrons. The number of rotatable bonds is 3. The molecule has 0 amide bonds. The van der Waals surface area contributed by atoms with E-state index in [1.165, 1.54) is 16.7 Å². The second-order valence-corrected chi connectivity index (χ2v) is 5.41. The highest BCUT2D eigenvalue weighted by Crippen LogP contribution is 2.20. The van der Waals surface area contributed by atoms with E-state index in [1.54, 1.807) is 0 Å². The monoisotopic (exact) mass is 258 g/mol. The Bertz CT molecular complexity index is 579. The molecule has 2 rings (SSSR count). The van der Waals surface area contributed by atoms with Crippen LogP contribution in [-0.2, 0) is 6.54 Å². The first kappa shape index (κ1) is 13.8. The highest BCUT2D eigenvalue weighted by Gasteiger charge is 2.13. The molecule has 0 spiro atoms. The smallest absolute Gasteiger partial charge is 0.0986 e. The van der Waals surface area contributed by atoms with E-state index in [2.05, 4.69) is 31.9 Å². The van der Waals surface area contributed by atoms with Gasteiger partial charge in [-0.05, 0) is 45.7 Å². The molecule has 0 saturated carbocycles. The summed E-state index contributed by atoms with van der Waals surface area (Å²) < 4.78 is 1.90. The zero-order valence-electron chi connectivity index (χ0n) is 12.4. The van der Waals surface area contributed by atoms with E-state index in [4.69, 9.17) is 0 Å². The summed E-state index contributed by atoms with van der Waals surface area (Å²) in [6.07, 6.45) is -0.518. The van der Waals surface area contributed by atoms with Crippen molar-refractivity contribution in [3.05, 3.63) is 51.8 Å². The van der Waals surface area contributed by atoms with Gasteiger partial charge in [0.05, 0.1) is 18.3 Å². The van der Waals surface area contributed by atoms with Gasteiger partial charge in [-0.3, -0.25) is 4.68 Å². The number of nitrogens with zero attached hydrogens (tertiary/aromatic N) is 2. The molecule has 1 aromatic carbocycles. The van der Waals surface area contributed by atoms with Gasteiger partial charge in [0.1, 0.15) is 0 Å². The van der Waals surface area contributed by atoms with Crippen molar-refractivity contribution in [3.63, 3.8) is 0 Å². The Morgan fingerprint density at radius 2 is 1.63 bits per heavy atom. The molecule has 0 saturated heterocycles. The van der Waals surface area contributed by atoms with Gasteiger partial charge in [-0.1, -0.05) is 29.3 Å². The number of hydrogen-bond acceptors (Lipinski definition) is 2. The largest absolute Gasteiger partial charge is 0.386 e. The van der Waals surface area contributed by atoms with Crippen molar-refractivity contribution >= 4 is 0 Å². The van der Waals surface area contributed by atoms with Crippen LogP contribution in [0.4, 0.5) is 0 Å². The van der Waals surface area contributed by atoms with E-state index >= 15 is 0 Å². The van der Waals surface area contributed by atoms with E-state index < -0.39 is 6.10 Å². The molecule has 1 N–H and O–H groups in total. The van der Waals surface area contributed by atoms with E-state index in [9.17, 15) is 5.11 Å². The minimum absolute atomic E-state index is 0.503. The molecule has 1 aromatic heterocycles. The van der Waals surface area contributed by atoms with Crippen LogP contribution in [-0.4, -0.2) is 14.9 Å². The van der Waals surface area contributed by atoms with Crippen molar-refractivity contribution < 1.29 is 5.11 Å². The highest BCUT2D eigenvalue weighted by molar-refractivity contribution is 5.30. The van der Waals surface area contributed by atoms with Crippen molar-refractivity contribution in [2.45, 2.75) is 47.3 Å². The van der Waals surface area contributed by atoms with Gasteiger partial charge in [0.25, 0.3) is 0 Å². The zero-order chi connectivity index (χ0) is 14.2. The Morgan fingerprint density at radius 3 is 2.11 bits per heavy atom. The number of aliphatic hydroxyl groups excluding tert-OH is 1. The number of aromatic nitrogens is 2. The second kappa shape index (κ2) is 5.17. The lowest BCUT2D eigenvalue weighted by atomic mass is 10.0. The summed E-state index contributed by atoms with van der Waals surface area (Å²) in [6.45, 7) is 10.7. The molecule has 0 aliphatic heterocycles. The van der Waals surface area contributed by atoms with Gasteiger partial charge in [-0.2, -0.15) is 5.10 Å². The van der Waals surface area contributed by atoms with Crippen LogP contribution in [0.3, 0.4) is 0 Å². The average molecular weight is 258 g/mol. The van der Waals surface area contributed by atoms with Gasteiger partial charge < -0.3 is 5.11 Å². The summed E-state index contributed by atoms with van der Waals surface area (Å²) in [6, 6.07) is 6.19. The lowest BCUT2D eigenvalue weighted by molar-refractivity contribution is 0.150. The van der Waals surface area contributed by atoms with Crippen LogP contribution < -0.4 is 0 Å². The van der Waals surface area contributed by atoms with Crippen molar-refractivity contribution in [2.24, 2.45) is 0 Å². The number of aliphatic hydroxyl groups is 1. The van der Waals surface area contributed by atoms with Gasteiger partial charge in [-0.25, -0.2) is 0 Å². The molecule has 1 heterocycles. The molecule has 0 aliphatic carbocycles. The van der Waals surface area contributed by atoms with E-state index in [0.717, 1.165) is 17.0 Å². The maximum atomic E-state index is 10.4. The van der Waals surface area contributed by atoms with Crippen molar-refractivity contribution in [1.82, 2.24) is 9.78 Å². The van der Waals surface area contributed by atoms with Crippen LogP contribution in [0.25, 0.3) is 0 Å². The minimum Gasteiger partial charge on any atom is -0.386 e. The predicted molar refractivity (Wildman–Crippen MR) is 77.3 cm³/mol. The summed E-state index contributed by atoms with van der Waals surface area (Å²) >= 11 is 0. The fourth-order valence-electron chi connectivity index (χ4n) is 2.44. The fourth-order valence-corrected chi connectivity index (χ4v) is 2.44. The van der Waals surface area contributed by atoms with Crippen LogP contribution in [0, 0.1) is 34.6 Å². The molecule has 2 aromatic rings. The van der Waals surface area contributed by atoms with Gasteiger partial charge in [0.15, 0.2) is 0 Å². The van der Waals surface area contributed by atoms with Crippen LogP contribution in [0.1, 0.15) is 39.7 Å². The maximum Gasteiger partial charge on any atom is 0.0986 e. The first-order chi connectivity index (χ1) is 8.88. The number of hydrogen-bond donors (Lipinski definition) is 1. The Morgan fingerprint density at radius 1 is 1.05 bits per heavy atom. The van der Waals surface area contributed by atoms with E-state index in [1.807, 2.05) is 30.7 Å². The summed E-state index contributed by atoms with van der Waals surface area (Å²) in [5, 5.41) is 14.9. The third-order valence-corrected chi connectivity index (χ3v) is 3.72. The normalized spacial score (nSPS) is 12.7.